The Balaban J connectivity index is 2.16. The molecule has 0 spiro atoms. The van der Waals surface area contributed by atoms with Crippen molar-refractivity contribution in [1.82, 2.24) is 9.97 Å². The topological polar surface area (TPSA) is 83.8 Å². The summed E-state index contributed by atoms with van der Waals surface area (Å²) in [7, 11) is 0. The predicted octanol–water partition coefficient (Wildman–Crippen LogP) is 2.38. The Morgan fingerprint density at radius 3 is 2.94 bits per heavy atom. The van der Waals surface area contributed by atoms with E-state index in [2.05, 4.69) is 15.3 Å². The van der Waals surface area contributed by atoms with Gasteiger partial charge in [-0.25, -0.2) is 9.37 Å². The molecule has 0 fully saturated rings. The Bertz CT molecular complexity index is 582. The van der Waals surface area contributed by atoms with Crippen molar-refractivity contribution in [2.24, 2.45) is 0 Å². The standard InChI is InChI=1S/C11H11FN4O2/c1-7-13-5-9(15-7)6-14-10-3-2-8(12)4-11(10)16(17)18/h2-5,14H,6H2,1H3,(H,13,15). The number of nitrogens with one attached hydrogen (secondary N) is 2. The quantitative estimate of drug-likeness (QED) is 0.644. The summed E-state index contributed by atoms with van der Waals surface area (Å²) in [6.07, 6.45) is 1.64. The average Bonchev–Trinajstić information content (AvgIpc) is 2.73. The zero-order valence-corrected chi connectivity index (χ0v) is 9.61. The average molecular weight is 250 g/mol. The van der Waals surface area contributed by atoms with Crippen LogP contribution in [0.2, 0.25) is 0 Å². The highest BCUT2D eigenvalue weighted by molar-refractivity contribution is 5.61. The van der Waals surface area contributed by atoms with Crippen molar-refractivity contribution in [3.05, 3.63) is 51.8 Å². The fourth-order valence-corrected chi connectivity index (χ4v) is 1.56. The number of imidazole rings is 1. The number of halogens is 1. The summed E-state index contributed by atoms with van der Waals surface area (Å²) in [5.41, 5.74) is 0.783. The Labute approximate surface area is 102 Å². The van der Waals surface area contributed by atoms with Gasteiger partial charge in [0.2, 0.25) is 0 Å². The predicted molar refractivity (Wildman–Crippen MR) is 63.7 cm³/mol. The van der Waals surface area contributed by atoms with Gasteiger partial charge in [0, 0.05) is 0 Å². The number of benzene rings is 1. The summed E-state index contributed by atoms with van der Waals surface area (Å²) >= 11 is 0. The number of aromatic amines is 1. The SMILES string of the molecule is Cc1ncc(CNc2ccc(F)cc2[N+](=O)[O-])[nH]1. The van der Waals surface area contributed by atoms with E-state index in [-0.39, 0.29) is 11.4 Å². The van der Waals surface area contributed by atoms with Gasteiger partial charge in [0.15, 0.2) is 0 Å². The van der Waals surface area contributed by atoms with E-state index in [1.165, 1.54) is 12.1 Å². The van der Waals surface area contributed by atoms with Gasteiger partial charge in [-0.2, -0.15) is 0 Å². The van der Waals surface area contributed by atoms with Crippen LogP contribution in [0.3, 0.4) is 0 Å². The van der Waals surface area contributed by atoms with E-state index < -0.39 is 10.7 Å². The minimum absolute atomic E-state index is 0.272. The molecule has 2 N–H and O–H groups in total. The van der Waals surface area contributed by atoms with Crippen LogP contribution in [0.1, 0.15) is 11.5 Å². The van der Waals surface area contributed by atoms with E-state index in [9.17, 15) is 14.5 Å². The number of hydrogen-bond acceptors (Lipinski definition) is 4. The van der Waals surface area contributed by atoms with Crippen molar-refractivity contribution in [1.29, 1.82) is 0 Å². The number of anilines is 1. The lowest BCUT2D eigenvalue weighted by Crippen LogP contribution is -2.03. The molecular weight excluding hydrogens is 239 g/mol. The molecule has 0 saturated heterocycles. The van der Waals surface area contributed by atoms with Crippen molar-refractivity contribution >= 4 is 11.4 Å². The first kappa shape index (κ1) is 12.0. The minimum Gasteiger partial charge on any atom is -0.374 e. The number of hydrogen-bond donors (Lipinski definition) is 2. The molecule has 6 nitrogen and oxygen atoms in total. The maximum absolute atomic E-state index is 12.9. The van der Waals surface area contributed by atoms with E-state index >= 15 is 0 Å². The van der Waals surface area contributed by atoms with Crippen molar-refractivity contribution in [2.75, 3.05) is 5.32 Å². The third kappa shape index (κ3) is 2.62. The second-order valence-corrected chi connectivity index (χ2v) is 3.77. The molecule has 94 valence electrons. The zero-order valence-electron chi connectivity index (χ0n) is 9.61. The van der Waals surface area contributed by atoms with Gasteiger partial charge in [-0.15, -0.1) is 0 Å². The number of aromatic nitrogens is 2. The maximum atomic E-state index is 12.9. The summed E-state index contributed by atoms with van der Waals surface area (Å²) in [4.78, 5) is 17.1. The third-order valence-corrected chi connectivity index (χ3v) is 2.38. The lowest BCUT2D eigenvalue weighted by Gasteiger charge is -2.05. The van der Waals surface area contributed by atoms with Crippen molar-refractivity contribution < 1.29 is 9.31 Å². The van der Waals surface area contributed by atoms with Crippen LogP contribution in [0, 0.1) is 22.9 Å². The minimum atomic E-state index is -0.635. The van der Waals surface area contributed by atoms with Crippen LogP contribution in [0.4, 0.5) is 15.8 Å². The fraction of sp³-hybridized carbons (Fsp3) is 0.182. The van der Waals surface area contributed by atoms with E-state index in [0.717, 1.165) is 17.6 Å². The van der Waals surface area contributed by atoms with E-state index in [1.54, 1.807) is 6.20 Å². The lowest BCUT2D eigenvalue weighted by atomic mass is 10.2. The molecule has 0 aliphatic rings. The van der Waals surface area contributed by atoms with Crippen molar-refractivity contribution in [3.8, 4) is 0 Å². The number of nitrogens with zero attached hydrogens (tertiary/aromatic N) is 2. The second-order valence-electron chi connectivity index (χ2n) is 3.77. The van der Waals surface area contributed by atoms with Crippen LogP contribution >= 0.6 is 0 Å². The highest BCUT2D eigenvalue weighted by atomic mass is 19.1. The molecule has 1 aromatic heterocycles. The summed E-state index contributed by atoms with van der Waals surface area (Å²) in [6.45, 7) is 2.16. The summed E-state index contributed by atoms with van der Waals surface area (Å²) in [5, 5.41) is 13.6. The van der Waals surface area contributed by atoms with Crippen LogP contribution in [-0.4, -0.2) is 14.9 Å². The molecule has 0 atom stereocenters. The van der Waals surface area contributed by atoms with Gasteiger partial charge in [-0.3, -0.25) is 10.1 Å². The van der Waals surface area contributed by atoms with Crippen LogP contribution in [-0.2, 0) is 6.54 Å². The molecule has 1 aromatic carbocycles. The first-order valence-corrected chi connectivity index (χ1v) is 5.24. The Morgan fingerprint density at radius 1 is 1.56 bits per heavy atom. The largest absolute Gasteiger partial charge is 0.374 e. The summed E-state index contributed by atoms with van der Waals surface area (Å²) < 4.78 is 12.9. The van der Waals surface area contributed by atoms with Crippen LogP contribution in [0.15, 0.2) is 24.4 Å². The first-order chi connectivity index (χ1) is 8.56. The molecule has 0 saturated carbocycles. The Hall–Kier alpha value is -2.44. The van der Waals surface area contributed by atoms with Gasteiger partial charge in [0.1, 0.15) is 17.3 Å². The van der Waals surface area contributed by atoms with Gasteiger partial charge >= 0.3 is 0 Å². The first-order valence-electron chi connectivity index (χ1n) is 5.24. The maximum Gasteiger partial charge on any atom is 0.295 e. The molecule has 0 unspecified atom stereocenters. The monoisotopic (exact) mass is 250 g/mol. The number of aryl methyl sites for hydroxylation is 1. The zero-order chi connectivity index (χ0) is 13.1. The highest BCUT2D eigenvalue weighted by Gasteiger charge is 2.14. The molecule has 7 heteroatoms. The smallest absolute Gasteiger partial charge is 0.295 e. The highest BCUT2D eigenvalue weighted by Crippen LogP contribution is 2.25. The van der Waals surface area contributed by atoms with Gasteiger partial charge in [0.05, 0.1) is 29.4 Å². The number of H-pyrrole nitrogens is 1. The molecule has 0 aliphatic carbocycles. The fourth-order valence-electron chi connectivity index (χ4n) is 1.56. The molecule has 2 rings (SSSR count). The molecule has 0 radical (unpaired) electrons. The van der Waals surface area contributed by atoms with E-state index in [1.807, 2.05) is 6.92 Å². The Kier molecular flexibility index (Phi) is 3.22. The molecule has 0 aliphatic heterocycles. The van der Waals surface area contributed by atoms with Gasteiger partial charge in [0.25, 0.3) is 5.69 Å². The molecular formula is C11H11FN4O2. The lowest BCUT2D eigenvalue weighted by molar-refractivity contribution is -0.384. The third-order valence-electron chi connectivity index (χ3n) is 2.38. The molecule has 2 aromatic rings. The van der Waals surface area contributed by atoms with Gasteiger partial charge in [-0.1, -0.05) is 0 Å². The molecule has 1 heterocycles. The van der Waals surface area contributed by atoms with Crippen LogP contribution in [0.25, 0.3) is 0 Å². The Morgan fingerprint density at radius 2 is 2.33 bits per heavy atom. The van der Waals surface area contributed by atoms with Gasteiger partial charge in [-0.05, 0) is 19.1 Å². The number of nitro benzene ring substituents is 1. The van der Waals surface area contributed by atoms with Gasteiger partial charge < -0.3 is 10.3 Å². The molecule has 0 bridgehead atoms. The number of rotatable bonds is 4. The summed E-state index contributed by atoms with van der Waals surface area (Å²) in [6, 6.07) is 3.41. The second kappa shape index (κ2) is 4.82. The van der Waals surface area contributed by atoms with Crippen LogP contribution in [0.5, 0.6) is 0 Å². The van der Waals surface area contributed by atoms with E-state index in [4.69, 9.17) is 0 Å². The number of nitro groups is 1. The van der Waals surface area contributed by atoms with Crippen molar-refractivity contribution in [2.45, 2.75) is 13.5 Å². The van der Waals surface area contributed by atoms with Crippen LogP contribution < -0.4 is 5.32 Å². The molecule has 18 heavy (non-hydrogen) atoms. The normalized spacial score (nSPS) is 10.3. The van der Waals surface area contributed by atoms with E-state index in [0.29, 0.717) is 6.54 Å². The van der Waals surface area contributed by atoms with Crippen molar-refractivity contribution in [3.63, 3.8) is 0 Å². The summed E-state index contributed by atoms with van der Waals surface area (Å²) in [5.74, 6) is 0.130. The molecule has 0 amide bonds.